The summed E-state index contributed by atoms with van der Waals surface area (Å²) >= 11 is 0. The van der Waals surface area contributed by atoms with Gasteiger partial charge in [0.15, 0.2) is 0 Å². The molecule has 0 bridgehead atoms. The fraction of sp³-hybridized carbons (Fsp3) is 0.846. The summed E-state index contributed by atoms with van der Waals surface area (Å²) in [5.41, 5.74) is 0. The number of nitrogens with one attached hydrogen (secondary N) is 4. The molecule has 0 rings (SSSR count). The van der Waals surface area contributed by atoms with Crippen LogP contribution in [0, 0.1) is 29.6 Å². The first kappa shape index (κ1) is 32.8. The molecule has 0 aliphatic carbocycles. The number of aliphatic hydroxyl groups is 1. The molecule has 35 heavy (non-hydrogen) atoms. The molecule has 0 heterocycles. The number of amides is 4. The van der Waals surface area contributed by atoms with E-state index in [1.165, 1.54) is 0 Å². The van der Waals surface area contributed by atoms with Crippen molar-refractivity contribution in [1.29, 1.82) is 0 Å². The van der Waals surface area contributed by atoms with E-state index < -0.39 is 24.1 Å². The number of rotatable bonds is 16. The van der Waals surface area contributed by atoms with Gasteiger partial charge in [-0.3, -0.25) is 19.2 Å². The van der Waals surface area contributed by atoms with E-state index in [1.54, 1.807) is 6.92 Å². The first-order valence-corrected chi connectivity index (χ1v) is 13.0. The molecule has 0 spiro atoms. The molecule has 1 unspecified atom stereocenters. The van der Waals surface area contributed by atoms with Crippen LogP contribution in [0.3, 0.4) is 0 Å². The molecule has 0 saturated carbocycles. The van der Waals surface area contributed by atoms with Gasteiger partial charge in [0, 0.05) is 18.9 Å². The summed E-state index contributed by atoms with van der Waals surface area (Å²) in [6, 6.07) is -1.29. The molecule has 0 aromatic rings. The predicted octanol–water partition coefficient (Wildman–Crippen LogP) is 1.98. The van der Waals surface area contributed by atoms with Crippen molar-refractivity contribution in [3.63, 3.8) is 0 Å². The van der Waals surface area contributed by atoms with Crippen molar-refractivity contribution in [3.05, 3.63) is 0 Å². The minimum Gasteiger partial charge on any atom is -0.391 e. The lowest BCUT2D eigenvalue weighted by molar-refractivity contribution is -0.132. The monoisotopic (exact) mass is 498 g/mol. The summed E-state index contributed by atoms with van der Waals surface area (Å²) in [5, 5.41) is 22.0. The molecule has 9 heteroatoms. The summed E-state index contributed by atoms with van der Waals surface area (Å²) in [5.74, 6) is -1.13. The van der Waals surface area contributed by atoms with Gasteiger partial charge in [-0.05, 0) is 36.5 Å². The Kier molecular flexibility index (Phi) is 15.5. The number of carbonyl (C=O) groups excluding carboxylic acids is 4. The molecule has 0 radical (unpaired) electrons. The van der Waals surface area contributed by atoms with Gasteiger partial charge in [-0.1, -0.05) is 62.3 Å². The van der Waals surface area contributed by atoms with Crippen LogP contribution in [0.25, 0.3) is 0 Å². The Morgan fingerprint density at radius 3 is 1.77 bits per heavy atom. The number of hydrogen-bond acceptors (Lipinski definition) is 5. The van der Waals surface area contributed by atoms with Crippen LogP contribution in [0.15, 0.2) is 0 Å². The molecule has 0 aromatic carbocycles. The highest BCUT2D eigenvalue weighted by Gasteiger charge is 2.31. The van der Waals surface area contributed by atoms with Crippen molar-refractivity contribution < 1.29 is 24.3 Å². The molecular weight excluding hydrogens is 448 g/mol. The van der Waals surface area contributed by atoms with E-state index in [-0.39, 0.29) is 54.3 Å². The Hall–Kier alpha value is -2.16. The highest BCUT2D eigenvalue weighted by molar-refractivity contribution is 5.88. The van der Waals surface area contributed by atoms with Crippen molar-refractivity contribution in [1.82, 2.24) is 21.3 Å². The Labute approximate surface area is 212 Å². The van der Waals surface area contributed by atoms with E-state index in [9.17, 15) is 24.3 Å². The van der Waals surface area contributed by atoms with Gasteiger partial charge in [0.2, 0.25) is 23.6 Å². The molecule has 0 aliphatic heterocycles. The van der Waals surface area contributed by atoms with Crippen LogP contribution in [0.2, 0.25) is 0 Å². The van der Waals surface area contributed by atoms with Crippen LogP contribution < -0.4 is 21.3 Å². The third kappa shape index (κ3) is 14.8. The Bertz CT molecular complexity index is 679. The predicted molar refractivity (Wildman–Crippen MR) is 138 cm³/mol. The normalized spacial score (nSPS) is 15.0. The van der Waals surface area contributed by atoms with Crippen LogP contribution in [0.4, 0.5) is 0 Å². The Morgan fingerprint density at radius 1 is 0.686 bits per heavy atom. The van der Waals surface area contributed by atoms with Gasteiger partial charge >= 0.3 is 0 Å². The van der Waals surface area contributed by atoms with Crippen molar-refractivity contribution in [3.8, 4) is 0 Å². The zero-order chi connectivity index (χ0) is 27.3. The molecule has 0 saturated heterocycles. The van der Waals surface area contributed by atoms with Gasteiger partial charge in [-0.15, -0.1) is 0 Å². The highest BCUT2D eigenvalue weighted by Crippen LogP contribution is 2.16. The standard InChI is InChI=1S/C26H50N4O5/c1-15(2)10-20(29-26(35)24(18(7)8)30-22(32)11-16(3)4)21(31)12-19(9)25(34)28-14-23(33)27-13-17(5)6/h15-21,24,31H,10-14H2,1-9H3,(H,27,33)(H,28,34)(H,29,35)(H,30,32)/t19-,20+,21?,24+/m0/s1. The number of aliphatic hydroxyl groups excluding tert-OH is 1. The zero-order valence-corrected chi connectivity index (χ0v) is 23.2. The number of carbonyl (C=O) groups is 4. The summed E-state index contributed by atoms with van der Waals surface area (Å²) < 4.78 is 0. The van der Waals surface area contributed by atoms with E-state index in [0.29, 0.717) is 25.3 Å². The molecular formula is C26H50N4O5. The van der Waals surface area contributed by atoms with Crippen LogP contribution in [-0.2, 0) is 19.2 Å². The Morgan fingerprint density at radius 2 is 1.29 bits per heavy atom. The first-order chi connectivity index (χ1) is 16.1. The molecule has 0 fully saturated rings. The average molecular weight is 499 g/mol. The van der Waals surface area contributed by atoms with E-state index in [1.807, 2.05) is 55.4 Å². The maximum absolute atomic E-state index is 13.0. The van der Waals surface area contributed by atoms with Crippen molar-refractivity contribution in [2.24, 2.45) is 29.6 Å². The lowest BCUT2D eigenvalue weighted by Crippen LogP contribution is -2.55. The lowest BCUT2D eigenvalue weighted by Gasteiger charge is -2.30. The second-order valence-corrected chi connectivity index (χ2v) is 11.3. The summed E-state index contributed by atoms with van der Waals surface area (Å²) in [6.07, 6.45) is 0.0136. The average Bonchev–Trinajstić information content (AvgIpc) is 2.72. The van der Waals surface area contributed by atoms with Gasteiger partial charge in [0.1, 0.15) is 6.04 Å². The van der Waals surface area contributed by atoms with Crippen LogP contribution in [-0.4, -0.2) is 60.0 Å². The molecule has 9 nitrogen and oxygen atoms in total. The van der Waals surface area contributed by atoms with Gasteiger partial charge < -0.3 is 26.4 Å². The van der Waals surface area contributed by atoms with Crippen molar-refractivity contribution in [2.75, 3.05) is 13.1 Å². The SMILES string of the molecule is CC(C)CNC(=O)CNC(=O)[C@@H](C)CC(O)[C@@H](CC(C)C)NC(=O)[C@H](NC(=O)CC(C)C)C(C)C. The molecule has 4 atom stereocenters. The third-order valence-corrected chi connectivity index (χ3v) is 5.55. The quantitative estimate of drug-likeness (QED) is 0.222. The maximum atomic E-state index is 13.0. The topological polar surface area (TPSA) is 137 Å². The van der Waals surface area contributed by atoms with Crippen molar-refractivity contribution >= 4 is 23.6 Å². The largest absolute Gasteiger partial charge is 0.391 e. The fourth-order valence-electron chi connectivity index (χ4n) is 3.59. The molecule has 4 amide bonds. The molecule has 5 N–H and O–H groups in total. The third-order valence-electron chi connectivity index (χ3n) is 5.55. The van der Waals surface area contributed by atoms with Crippen molar-refractivity contribution in [2.45, 2.75) is 99.8 Å². The molecule has 0 aromatic heterocycles. The summed E-state index contributed by atoms with van der Waals surface area (Å²) in [7, 11) is 0. The summed E-state index contributed by atoms with van der Waals surface area (Å²) in [6.45, 7) is 17.6. The molecule has 0 aliphatic rings. The van der Waals surface area contributed by atoms with Gasteiger partial charge in [-0.25, -0.2) is 0 Å². The second kappa shape index (κ2) is 16.5. The minimum atomic E-state index is -0.962. The van der Waals surface area contributed by atoms with Gasteiger partial charge in [0.25, 0.3) is 0 Å². The van der Waals surface area contributed by atoms with E-state index in [4.69, 9.17) is 0 Å². The van der Waals surface area contributed by atoms with E-state index >= 15 is 0 Å². The van der Waals surface area contributed by atoms with E-state index in [0.717, 1.165) is 0 Å². The molecule has 204 valence electrons. The Balaban J connectivity index is 5.08. The van der Waals surface area contributed by atoms with Gasteiger partial charge in [0.05, 0.1) is 18.7 Å². The van der Waals surface area contributed by atoms with Crippen LogP contribution in [0.1, 0.15) is 81.6 Å². The van der Waals surface area contributed by atoms with Crippen LogP contribution in [0.5, 0.6) is 0 Å². The summed E-state index contributed by atoms with van der Waals surface area (Å²) in [4.78, 5) is 49.6. The van der Waals surface area contributed by atoms with E-state index in [2.05, 4.69) is 21.3 Å². The first-order valence-electron chi connectivity index (χ1n) is 13.0. The smallest absolute Gasteiger partial charge is 0.243 e. The van der Waals surface area contributed by atoms with Crippen LogP contribution >= 0.6 is 0 Å². The minimum absolute atomic E-state index is 0.121. The van der Waals surface area contributed by atoms with Gasteiger partial charge in [-0.2, -0.15) is 0 Å². The fourth-order valence-corrected chi connectivity index (χ4v) is 3.59. The number of hydrogen-bond donors (Lipinski definition) is 5. The lowest BCUT2D eigenvalue weighted by atomic mass is 9.91. The highest BCUT2D eigenvalue weighted by atomic mass is 16.3. The maximum Gasteiger partial charge on any atom is 0.243 e. The second-order valence-electron chi connectivity index (χ2n) is 11.3. The zero-order valence-electron chi connectivity index (χ0n) is 23.2.